The molecule has 134 valence electrons. The van der Waals surface area contributed by atoms with E-state index in [-0.39, 0.29) is 23.1 Å². The van der Waals surface area contributed by atoms with Crippen LogP contribution in [0.15, 0.2) is 48.5 Å². The maximum Gasteiger partial charge on any atom is 0.343 e. The summed E-state index contributed by atoms with van der Waals surface area (Å²) in [7, 11) is 1.26. The molecule has 0 bridgehead atoms. The molecule has 0 fully saturated rings. The standard InChI is InChI=1S/C18H14ClNO6/c1-25-18(22)11-26-14-6-4-13(5-7-14)17(21)9-3-12-2-8-15(19)16(10-12)20(23)24/h2-10H,11H2,1H3. The van der Waals surface area contributed by atoms with Gasteiger partial charge >= 0.3 is 5.97 Å². The molecule has 2 rings (SSSR count). The van der Waals surface area contributed by atoms with Gasteiger partial charge in [0.15, 0.2) is 12.4 Å². The van der Waals surface area contributed by atoms with E-state index in [2.05, 4.69) is 4.74 Å². The number of benzene rings is 2. The van der Waals surface area contributed by atoms with Gasteiger partial charge in [0.2, 0.25) is 0 Å². The highest BCUT2D eigenvalue weighted by Gasteiger charge is 2.12. The van der Waals surface area contributed by atoms with E-state index in [1.165, 1.54) is 31.4 Å². The second kappa shape index (κ2) is 8.77. The first kappa shape index (κ1) is 19.1. The molecular formula is C18H14ClNO6. The lowest BCUT2D eigenvalue weighted by Gasteiger charge is -2.05. The number of carbonyl (C=O) groups excluding carboxylic acids is 2. The highest BCUT2D eigenvalue weighted by molar-refractivity contribution is 6.32. The zero-order chi connectivity index (χ0) is 19.1. The van der Waals surface area contributed by atoms with Crippen molar-refractivity contribution in [1.29, 1.82) is 0 Å². The van der Waals surface area contributed by atoms with Crippen LogP contribution in [0.2, 0.25) is 5.02 Å². The average molecular weight is 376 g/mol. The number of nitro groups is 1. The summed E-state index contributed by atoms with van der Waals surface area (Å²) in [4.78, 5) is 33.5. The minimum atomic E-state index is -0.589. The Morgan fingerprint density at radius 2 is 1.88 bits per heavy atom. The molecular weight excluding hydrogens is 362 g/mol. The fraction of sp³-hybridized carbons (Fsp3) is 0.111. The highest BCUT2D eigenvalue weighted by atomic mass is 35.5. The van der Waals surface area contributed by atoms with Gasteiger partial charge in [-0.25, -0.2) is 4.79 Å². The predicted molar refractivity (Wildman–Crippen MR) is 95.4 cm³/mol. The van der Waals surface area contributed by atoms with Gasteiger partial charge in [-0.1, -0.05) is 23.7 Å². The van der Waals surface area contributed by atoms with Crippen LogP contribution in [0.4, 0.5) is 5.69 Å². The van der Waals surface area contributed by atoms with Crippen LogP contribution in [-0.4, -0.2) is 30.4 Å². The van der Waals surface area contributed by atoms with Gasteiger partial charge in [0.1, 0.15) is 10.8 Å². The normalized spacial score (nSPS) is 10.5. The SMILES string of the molecule is COC(=O)COc1ccc(C(=O)C=Cc2ccc(Cl)c([N+](=O)[O-])c2)cc1. The molecule has 2 aromatic carbocycles. The number of esters is 1. The van der Waals surface area contributed by atoms with Gasteiger partial charge in [-0.05, 0) is 42.0 Å². The summed E-state index contributed by atoms with van der Waals surface area (Å²) in [5.41, 5.74) is 0.649. The van der Waals surface area contributed by atoms with Crippen molar-refractivity contribution in [3.63, 3.8) is 0 Å². The van der Waals surface area contributed by atoms with E-state index >= 15 is 0 Å². The fourth-order valence-electron chi connectivity index (χ4n) is 1.96. The van der Waals surface area contributed by atoms with Crippen LogP contribution in [0.25, 0.3) is 6.08 Å². The van der Waals surface area contributed by atoms with Crippen molar-refractivity contribution in [2.45, 2.75) is 0 Å². The van der Waals surface area contributed by atoms with E-state index in [1.807, 2.05) is 0 Å². The summed E-state index contributed by atoms with van der Waals surface area (Å²) in [6.07, 6.45) is 2.77. The van der Waals surface area contributed by atoms with Crippen LogP contribution in [0, 0.1) is 10.1 Å². The zero-order valence-electron chi connectivity index (χ0n) is 13.7. The molecule has 0 aliphatic heterocycles. The van der Waals surface area contributed by atoms with Gasteiger partial charge in [0, 0.05) is 11.6 Å². The number of allylic oxidation sites excluding steroid dienone is 1. The first-order valence-corrected chi connectivity index (χ1v) is 7.74. The largest absolute Gasteiger partial charge is 0.482 e. The molecule has 8 heteroatoms. The zero-order valence-corrected chi connectivity index (χ0v) is 14.4. The molecule has 2 aromatic rings. The monoisotopic (exact) mass is 375 g/mol. The number of rotatable bonds is 7. The smallest absolute Gasteiger partial charge is 0.343 e. The van der Waals surface area contributed by atoms with Gasteiger partial charge in [-0.15, -0.1) is 0 Å². The first-order valence-electron chi connectivity index (χ1n) is 7.36. The number of hydrogen-bond acceptors (Lipinski definition) is 6. The summed E-state index contributed by atoms with van der Waals surface area (Å²) >= 11 is 5.75. The number of hydrogen-bond donors (Lipinski definition) is 0. The lowest BCUT2D eigenvalue weighted by atomic mass is 10.1. The van der Waals surface area contributed by atoms with E-state index in [1.54, 1.807) is 30.3 Å². The number of nitro benzene ring substituents is 1. The molecule has 0 aromatic heterocycles. The second-order valence-electron chi connectivity index (χ2n) is 5.05. The number of ether oxygens (including phenoxy) is 2. The van der Waals surface area contributed by atoms with E-state index < -0.39 is 10.9 Å². The Bertz CT molecular complexity index is 860. The van der Waals surface area contributed by atoms with Crippen LogP contribution < -0.4 is 4.74 Å². The van der Waals surface area contributed by atoms with Crippen molar-refractivity contribution in [2.75, 3.05) is 13.7 Å². The van der Waals surface area contributed by atoms with Gasteiger partial charge in [-0.3, -0.25) is 14.9 Å². The van der Waals surface area contributed by atoms with E-state index in [0.29, 0.717) is 16.9 Å². The molecule has 0 aliphatic carbocycles. The molecule has 7 nitrogen and oxygen atoms in total. The summed E-state index contributed by atoms with van der Waals surface area (Å²) in [6, 6.07) is 10.5. The first-order chi connectivity index (χ1) is 12.4. The Morgan fingerprint density at radius 1 is 1.19 bits per heavy atom. The Labute approximate surface area is 153 Å². The molecule has 0 saturated heterocycles. The van der Waals surface area contributed by atoms with E-state index in [0.717, 1.165) is 0 Å². The summed E-state index contributed by atoms with van der Waals surface area (Å²) < 4.78 is 9.65. The lowest BCUT2D eigenvalue weighted by molar-refractivity contribution is -0.384. The Hall–Kier alpha value is -3.19. The summed E-state index contributed by atoms with van der Waals surface area (Å²) in [5.74, 6) is -0.378. The maximum atomic E-state index is 12.2. The molecule has 0 atom stereocenters. The number of nitrogens with zero attached hydrogens (tertiary/aromatic N) is 1. The predicted octanol–water partition coefficient (Wildman–Crippen LogP) is 3.70. The van der Waals surface area contributed by atoms with Crippen LogP contribution in [0.3, 0.4) is 0 Å². The molecule has 0 spiro atoms. The van der Waals surface area contributed by atoms with Crippen LogP contribution >= 0.6 is 11.6 Å². The van der Waals surface area contributed by atoms with Crippen LogP contribution in [0.5, 0.6) is 5.75 Å². The van der Waals surface area contributed by atoms with Crippen LogP contribution in [-0.2, 0) is 9.53 Å². The molecule has 0 heterocycles. The topological polar surface area (TPSA) is 95.7 Å². The number of methoxy groups -OCH3 is 1. The number of ketones is 1. The van der Waals surface area contributed by atoms with E-state index in [9.17, 15) is 19.7 Å². The molecule has 0 saturated carbocycles. The number of carbonyl (C=O) groups is 2. The second-order valence-corrected chi connectivity index (χ2v) is 5.46. The quantitative estimate of drug-likeness (QED) is 0.241. The maximum absolute atomic E-state index is 12.2. The van der Waals surface area contributed by atoms with E-state index in [4.69, 9.17) is 16.3 Å². The Morgan fingerprint density at radius 3 is 2.50 bits per heavy atom. The average Bonchev–Trinajstić information content (AvgIpc) is 2.65. The van der Waals surface area contributed by atoms with Gasteiger partial charge in [-0.2, -0.15) is 0 Å². The molecule has 0 N–H and O–H groups in total. The molecule has 26 heavy (non-hydrogen) atoms. The Balaban J connectivity index is 2.05. The summed E-state index contributed by atoms with van der Waals surface area (Å²) in [6.45, 7) is -0.223. The third-order valence-corrected chi connectivity index (χ3v) is 3.64. The third kappa shape index (κ3) is 5.15. The lowest BCUT2D eigenvalue weighted by Crippen LogP contribution is -2.12. The Kier molecular flexibility index (Phi) is 6.46. The molecule has 0 aliphatic rings. The van der Waals surface area contributed by atoms with Crippen molar-refractivity contribution in [3.05, 3.63) is 74.8 Å². The van der Waals surface area contributed by atoms with Gasteiger partial charge in [0.05, 0.1) is 12.0 Å². The van der Waals surface area contributed by atoms with Crippen molar-refractivity contribution in [3.8, 4) is 5.75 Å². The third-order valence-electron chi connectivity index (χ3n) is 3.32. The number of halogens is 1. The molecule has 0 unspecified atom stereocenters. The van der Waals surface area contributed by atoms with Crippen LogP contribution in [0.1, 0.15) is 15.9 Å². The fourth-order valence-corrected chi connectivity index (χ4v) is 2.14. The summed E-state index contributed by atoms with van der Waals surface area (Å²) in [5, 5.41) is 10.9. The van der Waals surface area contributed by atoms with Crippen molar-refractivity contribution >= 4 is 35.1 Å². The highest BCUT2D eigenvalue weighted by Crippen LogP contribution is 2.25. The minimum Gasteiger partial charge on any atom is -0.482 e. The van der Waals surface area contributed by atoms with Crippen molar-refractivity contribution in [1.82, 2.24) is 0 Å². The molecule has 0 amide bonds. The minimum absolute atomic E-state index is 0.0287. The van der Waals surface area contributed by atoms with Crippen molar-refractivity contribution < 1.29 is 24.0 Å². The van der Waals surface area contributed by atoms with Gasteiger partial charge in [0.25, 0.3) is 5.69 Å². The van der Waals surface area contributed by atoms with Gasteiger partial charge < -0.3 is 9.47 Å². The van der Waals surface area contributed by atoms with Crippen molar-refractivity contribution in [2.24, 2.45) is 0 Å². The molecule has 0 radical (unpaired) electrons.